The molecular formula is C25H23ClF3NO2. The molecule has 32 heavy (non-hydrogen) atoms. The monoisotopic (exact) mass is 461 g/mol. The first kappa shape index (κ1) is 22.6. The second-order valence-corrected chi connectivity index (χ2v) is 9.66. The number of nitrogens with zero attached hydrogens (tertiary/aromatic N) is 1. The second-order valence-electron chi connectivity index (χ2n) is 9.26. The fraction of sp³-hybridized carbons (Fsp3) is 0.360. The molecule has 0 spiro atoms. The van der Waals surface area contributed by atoms with Gasteiger partial charge in [0.15, 0.2) is 5.78 Å². The lowest BCUT2D eigenvalue weighted by Crippen LogP contribution is -2.44. The molecule has 4 rings (SSSR count). The Morgan fingerprint density at radius 2 is 1.72 bits per heavy atom. The molecule has 1 aliphatic carbocycles. The summed E-state index contributed by atoms with van der Waals surface area (Å²) in [6.07, 6.45) is -4.19. The number of hydrogen-bond acceptors (Lipinski definition) is 2. The molecule has 2 aliphatic rings. The zero-order chi connectivity index (χ0) is 23.4. The van der Waals surface area contributed by atoms with E-state index < -0.39 is 23.1 Å². The van der Waals surface area contributed by atoms with Gasteiger partial charge in [-0.15, -0.1) is 0 Å². The van der Waals surface area contributed by atoms with Crippen LogP contribution in [0.5, 0.6) is 0 Å². The highest BCUT2D eigenvalue weighted by Gasteiger charge is 2.46. The molecule has 2 aromatic rings. The summed E-state index contributed by atoms with van der Waals surface area (Å²) in [4.78, 5) is 28.3. The normalized spacial score (nSPS) is 21.1. The van der Waals surface area contributed by atoms with Crippen molar-refractivity contribution in [3.05, 3.63) is 75.4 Å². The summed E-state index contributed by atoms with van der Waals surface area (Å²) in [6, 6.07) is 10.4. The lowest BCUT2D eigenvalue weighted by atomic mass is 9.68. The third-order valence-corrected chi connectivity index (χ3v) is 6.67. The second kappa shape index (κ2) is 7.77. The van der Waals surface area contributed by atoms with Crippen molar-refractivity contribution in [1.29, 1.82) is 0 Å². The molecule has 0 N–H and O–H groups in total. The largest absolute Gasteiger partial charge is 0.416 e. The summed E-state index contributed by atoms with van der Waals surface area (Å²) >= 11 is 6.29. The smallest absolute Gasteiger partial charge is 0.294 e. The minimum Gasteiger partial charge on any atom is -0.294 e. The number of halogens is 4. The van der Waals surface area contributed by atoms with E-state index in [0.29, 0.717) is 34.0 Å². The van der Waals surface area contributed by atoms with Crippen molar-refractivity contribution in [2.75, 3.05) is 4.90 Å². The molecule has 0 bridgehead atoms. The lowest BCUT2D eigenvalue weighted by Gasteiger charge is -2.43. The van der Waals surface area contributed by atoms with Gasteiger partial charge >= 0.3 is 6.18 Å². The number of Topliss-reactive ketones (excluding diaryl/α,β-unsaturated/α-hetero) is 1. The average molecular weight is 462 g/mol. The summed E-state index contributed by atoms with van der Waals surface area (Å²) in [5.41, 5.74) is 0.759. The first-order valence-corrected chi connectivity index (χ1v) is 10.8. The Balaban J connectivity index is 1.97. The van der Waals surface area contributed by atoms with E-state index in [9.17, 15) is 22.8 Å². The zero-order valence-electron chi connectivity index (χ0n) is 18.0. The minimum absolute atomic E-state index is 0.0311. The Kier molecular flexibility index (Phi) is 5.48. The van der Waals surface area contributed by atoms with Gasteiger partial charge in [-0.2, -0.15) is 13.2 Å². The predicted octanol–water partition coefficient (Wildman–Crippen LogP) is 6.83. The molecule has 0 aromatic heterocycles. The molecule has 2 aromatic carbocycles. The molecule has 1 amide bonds. The molecule has 0 radical (unpaired) electrons. The summed E-state index contributed by atoms with van der Waals surface area (Å²) in [5.74, 6) is -1.49. The van der Waals surface area contributed by atoms with Crippen LogP contribution in [-0.2, 0) is 15.8 Å². The highest BCUT2D eigenvalue weighted by Crippen LogP contribution is 2.50. The number of carbonyl (C=O) groups is 2. The van der Waals surface area contributed by atoms with E-state index in [4.69, 9.17) is 11.6 Å². The van der Waals surface area contributed by atoms with Gasteiger partial charge in [0.2, 0.25) is 5.91 Å². The van der Waals surface area contributed by atoms with Gasteiger partial charge in [0.05, 0.1) is 11.3 Å². The van der Waals surface area contributed by atoms with E-state index in [0.717, 1.165) is 6.07 Å². The Bertz CT molecular complexity index is 1150. The zero-order valence-corrected chi connectivity index (χ0v) is 18.8. The minimum atomic E-state index is -4.59. The highest BCUT2D eigenvalue weighted by molar-refractivity contribution is 6.31. The lowest BCUT2D eigenvalue weighted by molar-refractivity contribution is -0.138. The van der Waals surface area contributed by atoms with Crippen LogP contribution in [0.4, 0.5) is 18.9 Å². The molecule has 0 saturated heterocycles. The Morgan fingerprint density at radius 1 is 1.03 bits per heavy atom. The van der Waals surface area contributed by atoms with Gasteiger partial charge in [-0.05, 0) is 48.1 Å². The number of benzene rings is 2. The van der Waals surface area contributed by atoms with E-state index in [1.54, 1.807) is 25.1 Å². The molecule has 168 valence electrons. The van der Waals surface area contributed by atoms with Gasteiger partial charge in [-0.1, -0.05) is 49.7 Å². The topological polar surface area (TPSA) is 37.4 Å². The SMILES string of the molecule is Cc1c(Cl)cccc1N1C(=O)CC(c2ccccc2C(F)(F)F)C2=C1CC(C)(C)CC2=O. The van der Waals surface area contributed by atoms with Crippen LogP contribution in [0.2, 0.25) is 5.02 Å². The predicted molar refractivity (Wildman–Crippen MR) is 118 cm³/mol. The fourth-order valence-corrected chi connectivity index (χ4v) is 5.03. The van der Waals surface area contributed by atoms with Crippen LogP contribution in [0, 0.1) is 12.3 Å². The van der Waals surface area contributed by atoms with Gasteiger partial charge in [0.1, 0.15) is 0 Å². The van der Waals surface area contributed by atoms with Gasteiger partial charge in [0, 0.05) is 35.1 Å². The van der Waals surface area contributed by atoms with E-state index in [1.165, 1.54) is 23.1 Å². The number of hydrogen-bond donors (Lipinski definition) is 0. The van der Waals surface area contributed by atoms with Crippen molar-refractivity contribution in [2.24, 2.45) is 5.41 Å². The number of carbonyl (C=O) groups excluding carboxylic acids is 2. The third kappa shape index (κ3) is 3.85. The van der Waals surface area contributed by atoms with Crippen molar-refractivity contribution in [2.45, 2.75) is 52.1 Å². The number of alkyl halides is 3. The quantitative estimate of drug-likeness (QED) is 0.491. The van der Waals surface area contributed by atoms with Crippen LogP contribution >= 0.6 is 11.6 Å². The number of rotatable bonds is 2. The molecule has 3 nitrogen and oxygen atoms in total. The molecular weight excluding hydrogens is 439 g/mol. The van der Waals surface area contributed by atoms with Crippen molar-refractivity contribution < 1.29 is 22.8 Å². The van der Waals surface area contributed by atoms with Crippen molar-refractivity contribution >= 4 is 29.0 Å². The summed E-state index contributed by atoms with van der Waals surface area (Å²) in [5, 5.41) is 0.475. The van der Waals surface area contributed by atoms with Gasteiger partial charge in [0.25, 0.3) is 0 Å². The van der Waals surface area contributed by atoms with Crippen LogP contribution < -0.4 is 4.90 Å². The maximum absolute atomic E-state index is 13.8. The number of amides is 1. The molecule has 0 fully saturated rings. The first-order chi connectivity index (χ1) is 14.9. The van der Waals surface area contributed by atoms with Crippen LogP contribution in [0.1, 0.15) is 55.7 Å². The highest BCUT2D eigenvalue weighted by atomic mass is 35.5. The fourth-order valence-electron chi connectivity index (χ4n) is 4.86. The molecule has 0 saturated carbocycles. The van der Waals surface area contributed by atoms with Gasteiger partial charge in [-0.25, -0.2) is 0 Å². The third-order valence-electron chi connectivity index (χ3n) is 6.26. The molecule has 1 heterocycles. The Hall–Kier alpha value is -2.60. The number of allylic oxidation sites excluding steroid dienone is 2. The van der Waals surface area contributed by atoms with E-state index in [-0.39, 0.29) is 30.1 Å². The first-order valence-electron chi connectivity index (χ1n) is 10.4. The Labute approximate surface area is 189 Å². The van der Waals surface area contributed by atoms with E-state index >= 15 is 0 Å². The van der Waals surface area contributed by atoms with Crippen LogP contribution in [0.15, 0.2) is 53.7 Å². The van der Waals surface area contributed by atoms with E-state index in [2.05, 4.69) is 0 Å². The van der Waals surface area contributed by atoms with Crippen LogP contribution in [0.25, 0.3) is 0 Å². The van der Waals surface area contributed by atoms with Crippen molar-refractivity contribution in [1.82, 2.24) is 0 Å². The molecule has 1 aliphatic heterocycles. The van der Waals surface area contributed by atoms with Crippen molar-refractivity contribution in [3.8, 4) is 0 Å². The standard InChI is InChI=1S/C25H23ClF3NO2/c1-14-18(26)9-6-10-19(14)30-20-12-24(2,3)13-21(31)23(20)16(11-22(30)32)15-7-4-5-8-17(15)25(27,28)29/h4-10,16H,11-13H2,1-3H3. The van der Waals surface area contributed by atoms with Crippen LogP contribution in [0.3, 0.4) is 0 Å². The average Bonchev–Trinajstić information content (AvgIpc) is 2.68. The maximum atomic E-state index is 13.8. The van der Waals surface area contributed by atoms with Gasteiger partial charge < -0.3 is 0 Å². The summed E-state index contributed by atoms with van der Waals surface area (Å²) < 4.78 is 41.3. The van der Waals surface area contributed by atoms with Gasteiger partial charge in [-0.3, -0.25) is 14.5 Å². The maximum Gasteiger partial charge on any atom is 0.416 e. The van der Waals surface area contributed by atoms with E-state index in [1.807, 2.05) is 13.8 Å². The van der Waals surface area contributed by atoms with Crippen molar-refractivity contribution in [3.63, 3.8) is 0 Å². The Morgan fingerprint density at radius 3 is 2.41 bits per heavy atom. The molecule has 1 unspecified atom stereocenters. The summed E-state index contributed by atoms with van der Waals surface area (Å²) in [7, 11) is 0. The number of anilines is 1. The van der Waals surface area contributed by atoms with Crippen LogP contribution in [-0.4, -0.2) is 11.7 Å². The molecule has 7 heteroatoms. The summed E-state index contributed by atoms with van der Waals surface area (Å²) in [6.45, 7) is 5.64. The molecule has 1 atom stereocenters. The number of ketones is 1.